The van der Waals surface area contributed by atoms with E-state index in [0.29, 0.717) is 25.3 Å². The maximum atomic E-state index is 12.1. The summed E-state index contributed by atoms with van der Waals surface area (Å²) in [6.07, 6.45) is 4.23. The van der Waals surface area contributed by atoms with Crippen molar-refractivity contribution in [3.8, 4) is 0 Å². The Balaban J connectivity index is 2.42. The summed E-state index contributed by atoms with van der Waals surface area (Å²) in [4.78, 5) is 3.92. The van der Waals surface area contributed by atoms with Gasteiger partial charge in [-0.15, -0.1) is 0 Å². The van der Waals surface area contributed by atoms with Gasteiger partial charge in [0.15, 0.2) is 5.03 Å². The van der Waals surface area contributed by atoms with E-state index in [2.05, 4.69) is 21.9 Å². The second kappa shape index (κ2) is 8.89. The SMILES string of the molecule is CCCCOCCCNS(=O)(=O)c1ncccc1NC. The minimum atomic E-state index is -3.58. The van der Waals surface area contributed by atoms with Gasteiger partial charge in [-0.05, 0) is 25.0 Å². The number of hydrogen-bond donors (Lipinski definition) is 2. The van der Waals surface area contributed by atoms with Crippen LogP contribution in [-0.4, -0.2) is 40.2 Å². The molecule has 1 rings (SSSR count). The quantitative estimate of drug-likeness (QED) is 0.642. The first-order chi connectivity index (χ1) is 9.61. The number of hydrogen-bond acceptors (Lipinski definition) is 5. The van der Waals surface area contributed by atoms with Crippen LogP contribution in [-0.2, 0) is 14.8 Å². The summed E-state index contributed by atoms with van der Waals surface area (Å²) in [6, 6.07) is 3.36. The normalized spacial score (nSPS) is 11.5. The molecular formula is C13H23N3O3S. The summed E-state index contributed by atoms with van der Waals surface area (Å²) < 4.78 is 32.1. The predicted octanol–water partition coefficient (Wildman–Crippen LogP) is 1.61. The zero-order chi connectivity index (χ0) is 14.8. The molecule has 0 bridgehead atoms. The molecule has 2 N–H and O–H groups in total. The Morgan fingerprint density at radius 3 is 2.75 bits per heavy atom. The number of pyridine rings is 1. The highest BCUT2D eigenvalue weighted by Gasteiger charge is 2.18. The third kappa shape index (κ3) is 5.44. The molecule has 0 aromatic carbocycles. The Morgan fingerprint density at radius 2 is 2.05 bits per heavy atom. The average Bonchev–Trinajstić information content (AvgIpc) is 2.46. The van der Waals surface area contributed by atoms with Crippen LogP contribution < -0.4 is 10.0 Å². The maximum Gasteiger partial charge on any atom is 0.260 e. The molecular weight excluding hydrogens is 278 g/mol. The number of unbranched alkanes of at least 4 members (excludes halogenated alkanes) is 1. The highest BCUT2D eigenvalue weighted by molar-refractivity contribution is 7.89. The van der Waals surface area contributed by atoms with E-state index in [1.807, 2.05) is 0 Å². The molecule has 1 aromatic rings. The Kier molecular flexibility index (Phi) is 7.50. The van der Waals surface area contributed by atoms with E-state index in [4.69, 9.17) is 4.74 Å². The lowest BCUT2D eigenvalue weighted by Gasteiger charge is -2.10. The second-order valence-electron chi connectivity index (χ2n) is 4.32. The molecule has 0 aliphatic rings. The lowest BCUT2D eigenvalue weighted by atomic mass is 10.4. The van der Waals surface area contributed by atoms with Crippen molar-refractivity contribution < 1.29 is 13.2 Å². The standard InChI is InChI=1S/C13H23N3O3S/c1-3-4-10-19-11-6-9-16-20(17,18)13-12(14-2)7-5-8-15-13/h5,7-8,14,16H,3-4,6,9-11H2,1-2H3. The van der Waals surface area contributed by atoms with E-state index in [1.165, 1.54) is 6.20 Å². The third-order valence-corrected chi connectivity index (χ3v) is 4.11. The number of nitrogens with one attached hydrogen (secondary N) is 2. The minimum Gasteiger partial charge on any atom is -0.386 e. The molecule has 20 heavy (non-hydrogen) atoms. The van der Waals surface area contributed by atoms with Gasteiger partial charge in [-0.1, -0.05) is 13.3 Å². The summed E-state index contributed by atoms with van der Waals surface area (Å²) in [5.74, 6) is 0. The van der Waals surface area contributed by atoms with Gasteiger partial charge in [0, 0.05) is 33.0 Å². The number of aromatic nitrogens is 1. The number of rotatable bonds is 10. The first-order valence-corrected chi connectivity index (χ1v) is 8.30. The van der Waals surface area contributed by atoms with Crippen molar-refractivity contribution in [1.29, 1.82) is 0 Å². The number of nitrogens with zero attached hydrogens (tertiary/aromatic N) is 1. The summed E-state index contributed by atoms with van der Waals surface area (Å²) in [5.41, 5.74) is 0.485. The van der Waals surface area contributed by atoms with Crippen LogP contribution in [0.2, 0.25) is 0 Å². The largest absolute Gasteiger partial charge is 0.386 e. The summed E-state index contributed by atoms with van der Waals surface area (Å²) in [6.45, 7) is 3.73. The molecule has 0 fully saturated rings. The van der Waals surface area contributed by atoms with Crippen LogP contribution in [0.25, 0.3) is 0 Å². The summed E-state index contributed by atoms with van der Waals surface area (Å²) >= 11 is 0. The van der Waals surface area contributed by atoms with Crippen LogP contribution in [0.3, 0.4) is 0 Å². The van der Waals surface area contributed by atoms with Gasteiger partial charge < -0.3 is 10.1 Å². The van der Waals surface area contributed by atoms with Gasteiger partial charge in [0.25, 0.3) is 10.0 Å². The molecule has 1 heterocycles. The van der Waals surface area contributed by atoms with Crippen molar-refractivity contribution in [1.82, 2.24) is 9.71 Å². The van der Waals surface area contributed by atoms with Crippen LogP contribution in [0.1, 0.15) is 26.2 Å². The van der Waals surface area contributed by atoms with E-state index in [0.717, 1.165) is 19.4 Å². The Labute approximate surface area is 121 Å². The van der Waals surface area contributed by atoms with E-state index in [-0.39, 0.29) is 5.03 Å². The van der Waals surface area contributed by atoms with Crippen molar-refractivity contribution in [2.45, 2.75) is 31.2 Å². The van der Waals surface area contributed by atoms with Gasteiger partial charge in [0.2, 0.25) is 0 Å². The van der Waals surface area contributed by atoms with E-state index in [9.17, 15) is 8.42 Å². The third-order valence-electron chi connectivity index (χ3n) is 2.69. The van der Waals surface area contributed by atoms with Crippen LogP contribution in [0.15, 0.2) is 23.4 Å². The van der Waals surface area contributed by atoms with Gasteiger partial charge in [0.05, 0.1) is 5.69 Å². The Bertz CT molecular complexity index is 491. The highest BCUT2D eigenvalue weighted by atomic mass is 32.2. The molecule has 0 saturated carbocycles. The fourth-order valence-electron chi connectivity index (χ4n) is 1.59. The molecule has 6 nitrogen and oxygen atoms in total. The number of anilines is 1. The van der Waals surface area contributed by atoms with Gasteiger partial charge in [0.1, 0.15) is 0 Å². The zero-order valence-corrected chi connectivity index (χ0v) is 12.9. The monoisotopic (exact) mass is 301 g/mol. The maximum absolute atomic E-state index is 12.1. The number of sulfonamides is 1. The molecule has 0 saturated heterocycles. The molecule has 0 aliphatic carbocycles. The van der Waals surface area contributed by atoms with Crippen LogP contribution in [0.5, 0.6) is 0 Å². The Hall–Kier alpha value is -1.18. The first-order valence-electron chi connectivity index (χ1n) is 6.82. The van der Waals surface area contributed by atoms with Crippen LogP contribution in [0.4, 0.5) is 5.69 Å². The zero-order valence-electron chi connectivity index (χ0n) is 12.1. The highest BCUT2D eigenvalue weighted by Crippen LogP contribution is 2.16. The van der Waals surface area contributed by atoms with Crippen LogP contribution in [0, 0.1) is 0 Å². The van der Waals surface area contributed by atoms with Crippen molar-refractivity contribution in [2.24, 2.45) is 0 Å². The summed E-state index contributed by atoms with van der Waals surface area (Å²) in [5, 5.41) is 2.84. The minimum absolute atomic E-state index is 0.0226. The van der Waals surface area contributed by atoms with Crippen molar-refractivity contribution in [2.75, 3.05) is 32.1 Å². The first kappa shape index (κ1) is 16.9. The van der Waals surface area contributed by atoms with Gasteiger partial charge in [-0.2, -0.15) is 0 Å². The number of ether oxygens (including phenoxy) is 1. The topological polar surface area (TPSA) is 80.3 Å². The fourth-order valence-corrected chi connectivity index (χ4v) is 2.80. The molecule has 0 unspecified atom stereocenters. The van der Waals surface area contributed by atoms with Gasteiger partial charge in [-0.25, -0.2) is 18.1 Å². The predicted molar refractivity (Wildman–Crippen MR) is 79.3 cm³/mol. The summed E-state index contributed by atoms with van der Waals surface area (Å²) in [7, 11) is -1.92. The van der Waals surface area contributed by atoms with Crippen molar-refractivity contribution in [3.63, 3.8) is 0 Å². The molecule has 7 heteroatoms. The van der Waals surface area contributed by atoms with E-state index < -0.39 is 10.0 Å². The second-order valence-corrected chi connectivity index (χ2v) is 6.01. The van der Waals surface area contributed by atoms with Crippen molar-refractivity contribution >= 4 is 15.7 Å². The molecule has 1 aromatic heterocycles. The molecule has 0 radical (unpaired) electrons. The average molecular weight is 301 g/mol. The molecule has 0 atom stereocenters. The van der Waals surface area contributed by atoms with Gasteiger partial charge >= 0.3 is 0 Å². The molecule has 0 aliphatic heterocycles. The fraction of sp³-hybridized carbons (Fsp3) is 0.615. The lowest BCUT2D eigenvalue weighted by molar-refractivity contribution is 0.130. The van der Waals surface area contributed by atoms with Gasteiger partial charge in [-0.3, -0.25) is 0 Å². The smallest absolute Gasteiger partial charge is 0.260 e. The van der Waals surface area contributed by atoms with Crippen molar-refractivity contribution in [3.05, 3.63) is 18.3 Å². The molecule has 0 amide bonds. The lowest BCUT2D eigenvalue weighted by Crippen LogP contribution is -2.27. The van der Waals surface area contributed by atoms with Crippen LogP contribution >= 0.6 is 0 Å². The van der Waals surface area contributed by atoms with E-state index in [1.54, 1.807) is 19.2 Å². The Morgan fingerprint density at radius 1 is 1.30 bits per heavy atom. The molecule has 114 valence electrons. The van der Waals surface area contributed by atoms with E-state index >= 15 is 0 Å². The molecule has 0 spiro atoms.